The van der Waals surface area contributed by atoms with E-state index in [2.05, 4.69) is 20.6 Å². The van der Waals surface area contributed by atoms with E-state index >= 15 is 0 Å². The molecule has 1 aromatic heterocycles. The van der Waals surface area contributed by atoms with Gasteiger partial charge in [0, 0.05) is 24.0 Å². The van der Waals surface area contributed by atoms with Crippen LogP contribution in [0, 0.1) is 5.82 Å². The van der Waals surface area contributed by atoms with Crippen molar-refractivity contribution in [2.45, 2.75) is 0 Å². The summed E-state index contributed by atoms with van der Waals surface area (Å²) < 4.78 is 18.8. The maximum Gasteiger partial charge on any atom is 0.251 e. The lowest BCUT2D eigenvalue weighted by molar-refractivity contribution is 0.0955. The number of ether oxygens (including phenoxy) is 1. The fourth-order valence-electron chi connectivity index (χ4n) is 2.39. The fourth-order valence-corrected chi connectivity index (χ4v) is 2.39. The molecule has 0 aliphatic carbocycles. The second-order valence-electron chi connectivity index (χ2n) is 5.27. The molecule has 2 N–H and O–H groups in total. The first kappa shape index (κ1) is 16.6. The van der Waals surface area contributed by atoms with E-state index in [4.69, 9.17) is 4.74 Å². The van der Waals surface area contributed by atoms with Gasteiger partial charge >= 0.3 is 0 Å². The first-order chi connectivity index (χ1) is 12.2. The van der Waals surface area contributed by atoms with Gasteiger partial charge in [-0.3, -0.25) is 4.79 Å². The summed E-state index contributed by atoms with van der Waals surface area (Å²) in [5.74, 6) is 0.656. The summed E-state index contributed by atoms with van der Waals surface area (Å²) in [6.45, 7) is 0.843. The summed E-state index contributed by atoms with van der Waals surface area (Å²) in [5, 5.41) is 6.49. The Kier molecular flexibility index (Phi) is 5.03. The number of nitrogens with one attached hydrogen (secondary N) is 2. The highest BCUT2D eigenvalue weighted by Gasteiger charge is 2.08. The van der Waals surface area contributed by atoms with Crippen molar-refractivity contribution in [3.05, 3.63) is 60.2 Å². The van der Waals surface area contributed by atoms with Crippen molar-refractivity contribution < 1.29 is 13.9 Å². The van der Waals surface area contributed by atoms with Crippen LogP contribution in [0.3, 0.4) is 0 Å². The molecule has 2 aromatic carbocycles. The third-order valence-electron chi connectivity index (χ3n) is 3.67. The maximum absolute atomic E-state index is 13.7. The normalized spacial score (nSPS) is 10.5. The molecule has 0 atom stereocenters. The number of fused-ring (bicyclic) bond motifs is 1. The van der Waals surface area contributed by atoms with Crippen LogP contribution >= 0.6 is 0 Å². The molecule has 0 saturated carbocycles. The molecule has 1 heterocycles. The van der Waals surface area contributed by atoms with E-state index in [1.165, 1.54) is 12.4 Å². The Balaban J connectivity index is 1.56. The number of carbonyl (C=O) groups is 1. The second-order valence-corrected chi connectivity index (χ2v) is 5.27. The molecule has 0 spiro atoms. The van der Waals surface area contributed by atoms with Gasteiger partial charge < -0.3 is 15.4 Å². The van der Waals surface area contributed by atoms with Gasteiger partial charge in [-0.2, -0.15) is 0 Å². The molecule has 128 valence electrons. The average Bonchev–Trinajstić information content (AvgIpc) is 2.65. The molecule has 0 unspecified atom stereocenters. The Morgan fingerprint density at radius 1 is 1.12 bits per heavy atom. The zero-order valence-electron chi connectivity index (χ0n) is 13.6. The van der Waals surface area contributed by atoms with Gasteiger partial charge in [0.15, 0.2) is 0 Å². The third kappa shape index (κ3) is 3.82. The molecular formula is C18H17FN4O2. The van der Waals surface area contributed by atoms with Crippen LogP contribution in [0.15, 0.2) is 48.8 Å². The molecule has 0 aliphatic heterocycles. The van der Waals surface area contributed by atoms with Gasteiger partial charge in [0.05, 0.1) is 7.11 Å². The molecule has 0 saturated heterocycles. The number of hydrogen-bond acceptors (Lipinski definition) is 5. The molecule has 0 aliphatic rings. The lowest BCUT2D eigenvalue weighted by Crippen LogP contribution is -2.28. The van der Waals surface area contributed by atoms with Crippen molar-refractivity contribution >= 4 is 22.6 Å². The Bertz CT molecular complexity index is 884. The van der Waals surface area contributed by atoms with Crippen LogP contribution in [0.4, 0.5) is 10.2 Å². The second kappa shape index (κ2) is 7.57. The SMILES string of the molecule is COc1ccc(C(=O)NCCNc2ncnc3c(F)cccc23)cc1. The molecule has 0 bridgehead atoms. The van der Waals surface area contributed by atoms with Gasteiger partial charge in [-0.1, -0.05) is 6.07 Å². The van der Waals surface area contributed by atoms with Crippen LogP contribution in [0.2, 0.25) is 0 Å². The van der Waals surface area contributed by atoms with E-state index < -0.39 is 5.82 Å². The van der Waals surface area contributed by atoms with Gasteiger partial charge in [-0.25, -0.2) is 14.4 Å². The molecule has 0 radical (unpaired) electrons. The standard InChI is InChI=1S/C18H17FN4O2/c1-25-13-7-5-12(6-8-13)18(24)21-10-9-20-17-14-3-2-4-15(19)16(14)22-11-23-17/h2-8,11H,9-10H2,1H3,(H,21,24)(H,20,22,23). The average molecular weight is 340 g/mol. The number of rotatable bonds is 6. The van der Waals surface area contributed by atoms with Gasteiger partial charge in [-0.05, 0) is 36.4 Å². The molecule has 25 heavy (non-hydrogen) atoms. The fraction of sp³-hybridized carbons (Fsp3) is 0.167. The van der Waals surface area contributed by atoms with Gasteiger partial charge in [0.1, 0.15) is 29.2 Å². The van der Waals surface area contributed by atoms with Crippen LogP contribution in [0.5, 0.6) is 5.75 Å². The Morgan fingerprint density at radius 2 is 1.92 bits per heavy atom. The minimum absolute atomic E-state index is 0.178. The monoisotopic (exact) mass is 340 g/mol. The zero-order chi connectivity index (χ0) is 17.6. The number of methoxy groups -OCH3 is 1. The van der Waals surface area contributed by atoms with Crippen LogP contribution in [-0.4, -0.2) is 36.1 Å². The number of halogens is 1. The van der Waals surface area contributed by atoms with Crippen LogP contribution in [0.1, 0.15) is 10.4 Å². The predicted octanol–water partition coefficient (Wildman–Crippen LogP) is 2.62. The molecule has 0 fully saturated rings. The number of nitrogens with zero attached hydrogens (tertiary/aromatic N) is 2. The first-order valence-electron chi connectivity index (χ1n) is 7.74. The number of aromatic nitrogens is 2. The minimum Gasteiger partial charge on any atom is -0.497 e. The number of hydrogen-bond donors (Lipinski definition) is 2. The highest BCUT2D eigenvalue weighted by molar-refractivity contribution is 5.94. The van der Waals surface area contributed by atoms with Crippen molar-refractivity contribution in [3.8, 4) is 5.75 Å². The number of carbonyl (C=O) groups excluding carboxylic acids is 1. The third-order valence-corrected chi connectivity index (χ3v) is 3.67. The van der Waals surface area contributed by atoms with Crippen LogP contribution < -0.4 is 15.4 Å². The summed E-state index contributed by atoms with van der Waals surface area (Å²) >= 11 is 0. The number of para-hydroxylation sites is 1. The van der Waals surface area contributed by atoms with E-state index in [1.54, 1.807) is 43.5 Å². The van der Waals surface area contributed by atoms with E-state index in [-0.39, 0.29) is 11.4 Å². The van der Waals surface area contributed by atoms with Crippen molar-refractivity contribution in [2.75, 3.05) is 25.5 Å². The molecule has 3 rings (SSSR count). The van der Waals surface area contributed by atoms with Crippen LogP contribution in [0.25, 0.3) is 10.9 Å². The first-order valence-corrected chi connectivity index (χ1v) is 7.74. The van der Waals surface area contributed by atoms with Crippen molar-refractivity contribution in [2.24, 2.45) is 0 Å². The van der Waals surface area contributed by atoms with E-state index in [0.717, 1.165) is 0 Å². The quantitative estimate of drug-likeness (QED) is 0.675. The van der Waals surface area contributed by atoms with E-state index in [9.17, 15) is 9.18 Å². The molecule has 6 nitrogen and oxygen atoms in total. The Morgan fingerprint density at radius 3 is 2.68 bits per heavy atom. The topological polar surface area (TPSA) is 76.1 Å². The zero-order valence-corrected chi connectivity index (χ0v) is 13.6. The molecule has 7 heteroatoms. The minimum atomic E-state index is -0.393. The van der Waals surface area contributed by atoms with Crippen LogP contribution in [-0.2, 0) is 0 Å². The van der Waals surface area contributed by atoms with E-state index in [0.29, 0.717) is 35.6 Å². The Hall–Kier alpha value is -3.22. The maximum atomic E-state index is 13.7. The lowest BCUT2D eigenvalue weighted by Gasteiger charge is -2.10. The van der Waals surface area contributed by atoms with Gasteiger partial charge in [0.25, 0.3) is 5.91 Å². The molecule has 1 amide bonds. The number of benzene rings is 2. The summed E-state index contributed by atoms with van der Waals surface area (Å²) in [6, 6.07) is 11.6. The highest BCUT2D eigenvalue weighted by Crippen LogP contribution is 2.20. The van der Waals surface area contributed by atoms with Gasteiger partial charge in [0.2, 0.25) is 0 Å². The van der Waals surface area contributed by atoms with Crippen molar-refractivity contribution in [3.63, 3.8) is 0 Å². The summed E-state index contributed by atoms with van der Waals surface area (Å²) in [5.41, 5.74) is 0.817. The van der Waals surface area contributed by atoms with Gasteiger partial charge in [-0.15, -0.1) is 0 Å². The molecule has 3 aromatic rings. The Labute approximate surface area is 144 Å². The van der Waals surface area contributed by atoms with Crippen molar-refractivity contribution in [1.82, 2.24) is 15.3 Å². The summed E-state index contributed by atoms with van der Waals surface area (Å²) in [6.07, 6.45) is 1.31. The molecular weight excluding hydrogens is 323 g/mol. The number of anilines is 1. The lowest BCUT2D eigenvalue weighted by atomic mass is 10.2. The smallest absolute Gasteiger partial charge is 0.251 e. The summed E-state index contributed by atoms with van der Waals surface area (Å²) in [7, 11) is 1.57. The largest absolute Gasteiger partial charge is 0.497 e. The van der Waals surface area contributed by atoms with Crippen molar-refractivity contribution in [1.29, 1.82) is 0 Å². The summed E-state index contributed by atoms with van der Waals surface area (Å²) in [4.78, 5) is 20.1. The highest BCUT2D eigenvalue weighted by atomic mass is 19.1. The predicted molar refractivity (Wildman–Crippen MR) is 93.3 cm³/mol. The number of amides is 1. The van der Waals surface area contributed by atoms with E-state index in [1.807, 2.05) is 0 Å².